The lowest BCUT2D eigenvalue weighted by Gasteiger charge is -2.12. The normalized spacial score (nSPS) is 13.3. The Kier molecular flexibility index (Phi) is 4.20. The van der Waals surface area contributed by atoms with Crippen molar-refractivity contribution in [1.82, 2.24) is 9.88 Å². The predicted molar refractivity (Wildman–Crippen MR) is 86.8 cm³/mol. The summed E-state index contributed by atoms with van der Waals surface area (Å²) in [6.07, 6.45) is 3.26. The molecule has 118 valence electrons. The van der Waals surface area contributed by atoms with Crippen molar-refractivity contribution in [2.45, 2.75) is 19.8 Å². The highest BCUT2D eigenvalue weighted by molar-refractivity contribution is 7.13. The van der Waals surface area contributed by atoms with Crippen LogP contribution in [-0.4, -0.2) is 34.2 Å². The maximum atomic E-state index is 12.4. The van der Waals surface area contributed by atoms with Crippen LogP contribution >= 0.6 is 11.3 Å². The molecule has 23 heavy (non-hydrogen) atoms. The summed E-state index contributed by atoms with van der Waals surface area (Å²) in [6.45, 7) is 2.41. The van der Waals surface area contributed by atoms with Gasteiger partial charge < -0.3 is 0 Å². The Morgan fingerprint density at radius 2 is 2.04 bits per heavy atom. The molecule has 0 saturated heterocycles. The number of amides is 3. The van der Waals surface area contributed by atoms with Crippen molar-refractivity contribution in [3.63, 3.8) is 0 Å². The first-order chi connectivity index (χ1) is 11.1. The lowest BCUT2D eigenvalue weighted by molar-refractivity contribution is 0.0652. The Morgan fingerprint density at radius 1 is 1.26 bits per heavy atom. The number of rotatable bonds is 5. The van der Waals surface area contributed by atoms with E-state index in [0.717, 1.165) is 12.8 Å². The molecule has 0 saturated carbocycles. The first-order valence-corrected chi connectivity index (χ1v) is 8.21. The van der Waals surface area contributed by atoms with Crippen LogP contribution in [0.25, 0.3) is 0 Å². The number of benzene rings is 1. The molecule has 1 aliphatic heterocycles. The van der Waals surface area contributed by atoms with Gasteiger partial charge in [-0.3, -0.25) is 24.6 Å². The van der Waals surface area contributed by atoms with Crippen molar-refractivity contribution >= 4 is 34.2 Å². The zero-order chi connectivity index (χ0) is 16.4. The Hall–Kier alpha value is -2.54. The van der Waals surface area contributed by atoms with Crippen LogP contribution in [0.2, 0.25) is 0 Å². The molecule has 1 aromatic carbocycles. The lowest BCUT2D eigenvalue weighted by Crippen LogP contribution is -2.30. The highest BCUT2D eigenvalue weighted by Crippen LogP contribution is 2.25. The second-order valence-corrected chi connectivity index (χ2v) is 6.06. The molecular weight excluding hydrogens is 314 g/mol. The summed E-state index contributed by atoms with van der Waals surface area (Å²) < 4.78 is 0. The third-order valence-corrected chi connectivity index (χ3v) is 4.31. The molecule has 3 amide bonds. The average Bonchev–Trinajstić information content (AvgIpc) is 3.14. The van der Waals surface area contributed by atoms with Gasteiger partial charge in [-0.2, -0.15) is 0 Å². The first-order valence-electron chi connectivity index (χ1n) is 7.33. The van der Waals surface area contributed by atoms with Gasteiger partial charge in [0.15, 0.2) is 5.13 Å². The summed E-state index contributed by atoms with van der Waals surface area (Å²) in [7, 11) is 0. The van der Waals surface area contributed by atoms with Crippen molar-refractivity contribution in [2.24, 2.45) is 0 Å². The van der Waals surface area contributed by atoms with Gasteiger partial charge in [0.05, 0.1) is 11.1 Å². The van der Waals surface area contributed by atoms with Crippen molar-refractivity contribution < 1.29 is 14.4 Å². The number of carbonyl (C=O) groups excluding carboxylic acids is 3. The van der Waals surface area contributed by atoms with E-state index in [2.05, 4.69) is 10.3 Å². The maximum Gasteiger partial charge on any atom is 0.261 e. The third kappa shape index (κ3) is 2.87. The van der Waals surface area contributed by atoms with Gasteiger partial charge in [-0.25, -0.2) is 4.98 Å². The molecule has 1 aromatic heterocycles. The molecule has 0 atom stereocenters. The van der Waals surface area contributed by atoms with Crippen LogP contribution in [0.15, 0.2) is 29.8 Å². The maximum absolute atomic E-state index is 12.4. The zero-order valence-electron chi connectivity index (χ0n) is 12.5. The van der Waals surface area contributed by atoms with Gasteiger partial charge in [-0.05, 0) is 24.6 Å². The first kappa shape index (κ1) is 15.4. The van der Waals surface area contributed by atoms with Gasteiger partial charge in [0.25, 0.3) is 17.7 Å². The smallest absolute Gasteiger partial charge is 0.261 e. The molecule has 2 heterocycles. The fourth-order valence-electron chi connectivity index (χ4n) is 2.41. The highest BCUT2D eigenvalue weighted by atomic mass is 32.1. The Labute approximate surface area is 137 Å². The molecule has 1 N–H and O–H groups in total. The molecule has 0 unspecified atom stereocenters. The zero-order valence-corrected chi connectivity index (χ0v) is 13.4. The van der Waals surface area contributed by atoms with Gasteiger partial charge in [-0.15, -0.1) is 11.3 Å². The van der Waals surface area contributed by atoms with Crippen molar-refractivity contribution in [3.05, 3.63) is 46.5 Å². The molecule has 6 nitrogen and oxygen atoms in total. The molecule has 1 aliphatic rings. The van der Waals surface area contributed by atoms with Gasteiger partial charge in [-0.1, -0.05) is 13.3 Å². The molecule has 7 heteroatoms. The average molecular weight is 329 g/mol. The predicted octanol–water partition coefficient (Wildman–Crippen LogP) is 2.79. The Morgan fingerprint density at radius 3 is 2.74 bits per heavy atom. The van der Waals surface area contributed by atoms with Crippen LogP contribution in [0.1, 0.15) is 50.8 Å². The monoisotopic (exact) mass is 329 g/mol. The topological polar surface area (TPSA) is 79.4 Å². The number of imide groups is 1. The number of hydrogen-bond donors (Lipinski definition) is 1. The van der Waals surface area contributed by atoms with Crippen LogP contribution in [0, 0.1) is 0 Å². The summed E-state index contributed by atoms with van der Waals surface area (Å²) >= 11 is 1.31. The van der Waals surface area contributed by atoms with E-state index in [0.29, 0.717) is 22.8 Å². The standard InChI is InChI=1S/C16H15N3O3S/c1-2-3-7-19-14(21)11-5-4-10(9-12(11)15(19)22)13(20)18-16-17-6-8-23-16/h4-6,8-9H,2-3,7H2,1H3,(H,17,18,20). The fourth-order valence-corrected chi connectivity index (χ4v) is 2.93. The third-order valence-electron chi connectivity index (χ3n) is 3.62. The second-order valence-electron chi connectivity index (χ2n) is 5.17. The molecule has 2 aromatic rings. The minimum Gasteiger partial charge on any atom is -0.298 e. The quantitative estimate of drug-likeness (QED) is 0.856. The fraction of sp³-hybridized carbons (Fsp3) is 0.250. The largest absolute Gasteiger partial charge is 0.298 e. The molecule has 0 spiro atoms. The number of hydrogen-bond acceptors (Lipinski definition) is 5. The summed E-state index contributed by atoms with van der Waals surface area (Å²) in [4.78, 5) is 42.0. The lowest BCUT2D eigenvalue weighted by atomic mass is 10.1. The molecular formula is C16H15N3O3S. The molecule has 0 fully saturated rings. The van der Waals surface area contributed by atoms with Crippen LogP contribution in [-0.2, 0) is 0 Å². The molecule has 0 radical (unpaired) electrons. The number of carbonyl (C=O) groups is 3. The van der Waals surface area contributed by atoms with Gasteiger partial charge in [0.1, 0.15) is 0 Å². The number of thiazole rings is 1. The van der Waals surface area contributed by atoms with E-state index in [1.165, 1.54) is 28.4 Å². The van der Waals surface area contributed by atoms with E-state index in [1.807, 2.05) is 6.92 Å². The number of nitrogens with one attached hydrogen (secondary N) is 1. The number of unbranched alkanes of at least 4 members (excludes halogenated alkanes) is 1. The van der Waals surface area contributed by atoms with E-state index in [9.17, 15) is 14.4 Å². The molecule has 0 bridgehead atoms. The van der Waals surface area contributed by atoms with Gasteiger partial charge in [0.2, 0.25) is 0 Å². The van der Waals surface area contributed by atoms with Crippen molar-refractivity contribution in [3.8, 4) is 0 Å². The van der Waals surface area contributed by atoms with Gasteiger partial charge >= 0.3 is 0 Å². The summed E-state index contributed by atoms with van der Waals surface area (Å²) in [6, 6.07) is 4.57. The van der Waals surface area contributed by atoms with Crippen molar-refractivity contribution in [1.29, 1.82) is 0 Å². The number of anilines is 1. The van der Waals surface area contributed by atoms with Crippen LogP contribution < -0.4 is 5.32 Å². The number of fused-ring (bicyclic) bond motifs is 1. The van der Waals surface area contributed by atoms with Crippen LogP contribution in [0.4, 0.5) is 5.13 Å². The minimum absolute atomic E-state index is 0.287. The highest BCUT2D eigenvalue weighted by Gasteiger charge is 2.35. The number of nitrogens with zero attached hydrogens (tertiary/aromatic N) is 2. The van der Waals surface area contributed by atoms with E-state index in [-0.39, 0.29) is 23.3 Å². The number of aromatic nitrogens is 1. The van der Waals surface area contributed by atoms with E-state index >= 15 is 0 Å². The second kappa shape index (κ2) is 6.29. The summed E-state index contributed by atoms with van der Waals surface area (Å²) in [5.41, 5.74) is 0.979. The summed E-state index contributed by atoms with van der Waals surface area (Å²) in [5.74, 6) is -0.970. The van der Waals surface area contributed by atoms with E-state index in [1.54, 1.807) is 17.6 Å². The van der Waals surface area contributed by atoms with E-state index < -0.39 is 0 Å². The van der Waals surface area contributed by atoms with Crippen LogP contribution in [0.5, 0.6) is 0 Å². The molecule has 3 rings (SSSR count). The SMILES string of the molecule is CCCCN1C(=O)c2ccc(C(=O)Nc3nccs3)cc2C1=O. The minimum atomic E-state index is -0.352. The van der Waals surface area contributed by atoms with Crippen LogP contribution in [0.3, 0.4) is 0 Å². The Balaban J connectivity index is 1.84. The van der Waals surface area contributed by atoms with E-state index in [4.69, 9.17) is 0 Å². The van der Waals surface area contributed by atoms with Gasteiger partial charge in [0, 0.05) is 23.7 Å². The Bertz CT molecular complexity index is 771. The van der Waals surface area contributed by atoms with Crippen molar-refractivity contribution in [2.75, 3.05) is 11.9 Å². The molecule has 0 aliphatic carbocycles. The summed E-state index contributed by atoms with van der Waals surface area (Å²) in [5, 5.41) is 4.90.